The van der Waals surface area contributed by atoms with Gasteiger partial charge in [0.1, 0.15) is 6.07 Å². The molecule has 1 aromatic heterocycles. The van der Waals surface area contributed by atoms with Crippen LogP contribution in [-0.2, 0) is 10.0 Å². The van der Waals surface area contributed by atoms with Gasteiger partial charge in [-0.05, 0) is 45.2 Å². The highest BCUT2D eigenvalue weighted by Crippen LogP contribution is 2.33. The maximum atomic E-state index is 11.8. The number of hydrogen-bond acceptors (Lipinski definition) is 5. The normalized spacial score (nSPS) is 16.0. The molecule has 2 heterocycles. The summed E-state index contributed by atoms with van der Waals surface area (Å²) < 4.78 is 26.4. The molecule has 0 aliphatic carbocycles. The Hall–Kier alpha value is -2.17. The predicted molar refractivity (Wildman–Crippen MR) is 104 cm³/mol. The maximum Gasteiger partial charge on any atom is 0.211 e. The van der Waals surface area contributed by atoms with Crippen LogP contribution in [0.25, 0.3) is 10.9 Å². The lowest BCUT2D eigenvalue weighted by molar-refractivity contribution is 0.461. The van der Waals surface area contributed by atoms with Crippen molar-refractivity contribution in [3.63, 3.8) is 0 Å². The fourth-order valence-corrected chi connectivity index (χ4v) is 4.54. The summed E-state index contributed by atoms with van der Waals surface area (Å²) in [7, 11) is -3.19. The summed E-state index contributed by atoms with van der Waals surface area (Å²) in [4.78, 5) is 6.67. The molecule has 2 aromatic rings. The molecular formula is C19H24N4O2S. The van der Waals surface area contributed by atoms with Gasteiger partial charge in [0, 0.05) is 30.7 Å². The van der Waals surface area contributed by atoms with E-state index in [1.807, 2.05) is 13.8 Å². The number of piperidine rings is 1. The number of nitrogens with zero attached hydrogens (tertiary/aromatic N) is 3. The number of aromatic nitrogens is 1. The molecule has 6 nitrogen and oxygen atoms in total. The zero-order valence-electron chi connectivity index (χ0n) is 15.4. The lowest BCUT2D eigenvalue weighted by Gasteiger charge is -2.35. The Kier molecular flexibility index (Phi) is 5.17. The molecule has 0 radical (unpaired) electrons. The number of hydrogen-bond donors (Lipinski definition) is 1. The van der Waals surface area contributed by atoms with Crippen molar-refractivity contribution < 1.29 is 8.42 Å². The van der Waals surface area contributed by atoms with Gasteiger partial charge in [-0.15, -0.1) is 0 Å². The lowest BCUT2D eigenvalue weighted by Crippen LogP contribution is -2.45. The SMILES string of the molecule is CCS(=O)(=O)NC1CCN(c2c(C#N)cnc3c(C)cc(C)cc23)CC1. The second kappa shape index (κ2) is 7.22. The molecule has 1 saturated heterocycles. The number of fused-ring (bicyclic) bond motifs is 1. The van der Waals surface area contributed by atoms with Gasteiger partial charge in [-0.2, -0.15) is 5.26 Å². The first-order chi connectivity index (χ1) is 12.3. The van der Waals surface area contributed by atoms with Gasteiger partial charge in [0.05, 0.1) is 22.5 Å². The van der Waals surface area contributed by atoms with E-state index in [1.165, 1.54) is 0 Å². The molecule has 0 bridgehead atoms. The summed E-state index contributed by atoms with van der Waals surface area (Å²) in [5.74, 6) is 0.0966. The van der Waals surface area contributed by atoms with Crippen molar-refractivity contribution in [1.82, 2.24) is 9.71 Å². The molecule has 0 saturated carbocycles. The molecule has 26 heavy (non-hydrogen) atoms. The van der Waals surface area contributed by atoms with Gasteiger partial charge in [-0.1, -0.05) is 11.6 Å². The van der Waals surface area contributed by atoms with Gasteiger partial charge >= 0.3 is 0 Å². The van der Waals surface area contributed by atoms with Gasteiger partial charge in [-0.3, -0.25) is 4.98 Å². The van der Waals surface area contributed by atoms with E-state index in [1.54, 1.807) is 13.1 Å². The van der Waals surface area contributed by atoms with Crippen LogP contribution in [0.15, 0.2) is 18.3 Å². The van der Waals surface area contributed by atoms with E-state index < -0.39 is 10.0 Å². The largest absolute Gasteiger partial charge is 0.370 e. The first kappa shape index (κ1) is 18.6. The molecule has 0 atom stereocenters. The van der Waals surface area contributed by atoms with E-state index in [2.05, 4.69) is 32.8 Å². The number of anilines is 1. The molecule has 1 fully saturated rings. The summed E-state index contributed by atoms with van der Waals surface area (Å²) in [6.45, 7) is 7.13. The van der Waals surface area contributed by atoms with Crippen molar-refractivity contribution in [3.05, 3.63) is 35.0 Å². The smallest absolute Gasteiger partial charge is 0.211 e. The van der Waals surface area contributed by atoms with Crippen LogP contribution in [0.5, 0.6) is 0 Å². The van der Waals surface area contributed by atoms with Gasteiger partial charge in [0.15, 0.2) is 0 Å². The second-order valence-corrected chi connectivity index (χ2v) is 8.94. The van der Waals surface area contributed by atoms with Crippen molar-refractivity contribution in [1.29, 1.82) is 5.26 Å². The Morgan fingerprint density at radius 1 is 1.31 bits per heavy atom. The third-order valence-electron chi connectivity index (χ3n) is 4.94. The summed E-state index contributed by atoms with van der Waals surface area (Å²) in [6, 6.07) is 6.40. The van der Waals surface area contributed by atoms with Crippen LogP contribution in [0.2, 0.25) is 0 Å². The molecule has 1 aliphatic heterocycles. The molecule has 0 spiro atoms. The topological polar surface area (TPSA) is 86.1 Å². The number of nitriles is 1. The van der Waals surface area contributed by atoms with Crippen LogP contribution >= 0.6 is 0 Å². The van der Waals surface area contributed by atoms with Crippen LogP contribution in [0, 0.1) is 25.2 Å². The van der Waals surface area contributed by atoms with Crippen LogP contribution < -0.4 is 9.62 Å². The minimum absolute atomic E-state index is 0.0432. The number of rotatable bonds is 4. The second-order valence-electron chi connectivity index (χ2n) is 6.89. The highest BCUT2D eigenvalue weighted by Gasteiger charge is 2.25. The summed E-state index contributed by atoms with van der Waals surface area (Å²) in [5.41, 5.74) is 4.63. The molecule has 3 rings (SSSR count). The standard InChI is InChI=1S/C19H24N4O2S/c1-4-26(24,25)22-16-5-7-23(8-6-16)19-15(11-20)12-21-18-14(3)9-13(2)10-17(18)19/h9-10,12,16,22H,4-8H2,1-3H3. The monoisotopic (exact) mass is 372 g/mol. The highest BCUT2D eigenvalue weighted by molar-refractivity contribution is 7.89. The summed E-state index contributed by atoms with van der Waals surface area (Å²) >= 11 is 0. The number of nitrogens with one attached hydrogen (secondary N) is 1. The molecule has 0 unspecified atom stereocenters. The molecule has 1 N–H and O–H groups in total. The zero-order valence-corrected chi connectivity index (χ0v) is 16.2. The average molecular weight is 372 g/mol. The molecule has 7 heteroatoms. The van der Waals surface area contributed by atoms with Crippen LogP contribution in [0.3, 0.4) is 0 Å². The fraction of sp³-hybridized carbons (Fsp3) is 0.474. The number of aryl methyl sites for hydroxylation is 2. The quantitative estimate of drug-likeness (QED) is 0.892. The minimum Gasteiger partial charge on any atom is -0.370 e. The minimum atomic E-state index is -3.19. The van der Waals surface area contributed by atoms with Gasteiger partial charge in [0.2, 0.25) is 10.0 Å². The van der Waals surface area contributed by atoms with E-state index in [4.69, 9.17) is 0 Å². The molecule has 0 amide bonds. The Labute approximate surface area is 154 Å². The molecule has 1 aromatic carbocycles. The van der Waals surface area contributed by atoms with E-state index in [-0.39, 0.29) is 11.8 Å². The van der Waals surface area contributed by atoms with Crippen molar-refractivity contribution in [2.24, 2.45) is 0 Å². The number of sulfonamides is 1. The van der Waals surface area contributed by atoms with Gasteiger partial charge in [0.25, 0.3) is 0 Å². The van der Waals surface area contributed by atoms with Crippen molar-refractivity contribution in [3.8, 4) is 6.07 Å². The van der Waals surface area contributed by atoms with Gasteiger partial charge in [-0.25, -0.2) is 13.1 Å². The Balaban J connectivity index is 1.93. The third-order valence-corrected chi connectivity index (χ3v) is 6.39. The molecule has 1 aliphatic rings. The maximum absolute atomic E-state index is 11.8. The number of pyridine rings is 1. The van der Waals surface area contributed by atoms with E-state index in [0.717, 1.165) is 40.6 Å². The average Bonchev–Trinajstić information content (AvgIpc) is 2.61. The van der Waals surface area contributed by atoms with Crippen LogP contribution in [0.4, 0.5) is 5.69 Å². The summed E-state index contributed by atoms with van der Waals surface area (Å²) in [5, 5.41) is 10.6. The predicted octanol–water partition coefficient (Wildman–Crippen LogP) is 2.63. The van der Waals surface area contributed by atoms with Crippen LogP contribution in [0.1, 0.15) is 36.5 Å². The van der Waals surface area contributed by atoms with Gasteiger partial charge < -0.3 is 4.90 Å². The lowest BCUT2D eigenvalue weighted by atomic mass is 10.00. The Morgan fingerprint density at radius 2 is 2.00 bits per heavy atom. The summed E-state index contributed by atoms with van der Waals surface area (Å²) in [6.07, 6.45) is 3.09. The Morgan fingerprint density at radius 3 is 2.62 bits per heavy atom. The first-order valence-electron chi connectivity index (χ1n) is 8.89. The highest BCUT2D eigenvalue weighted by atomic mass is 32.2. The fourth-order valence-electron chi connectivity index (χ4n) is 3.63. The van der Waals surface area contributed by atoms with E-state index in [0.29, 0.717) is 18.7 Å². The Bertz CT molecular complexity index is 971. The van der Waals surface area contributed by atoms with Crippen molar-refractivity contribution in [2.75, 3.05) is 23.7 Å². The molecule has 138 valence electrons. The third kappa shape index (κ3) is 3.67. The van der Waals surface area contributed by atoms with Crippen molar-refractivity contribution in [2.45, 2.75) is 39.7 Å². The zero-order chi connectivity index (χ0) is 18.9. The van der Waals surface area contributed by atoms with E-state index >= 15 is 0 Å². The van der Waals surface area contributed by atoms with Crippen molar-refractivity contribution >= 4 is 26.6 Å². The first-order valence-corrected chi connectivity index (χ1v) is 10.5. The van der Waals surface area contributed by atoms with E-state index in [9.17, 15) is 13.7 Å². The molecular weight excluding hydrogens is 348 g/mol. The number of benzene rings is 1. The van der Waals surface area contributed by atoms with Crippen LogP contribution in [-0.4, -0.2) is 38.3 Å².